The van der Waals surface area contributed by atoms with Gasteiger partial charge in [0.05, 0.1) is 46.2 Å². The quantitative estimate of drug-likeness (QED) is 0.102. The minimum absolute atomic E-state index is 0.0359. The van der Waals surface area contributed by atoms with Crippen molar-refractivity contribution in [3.05, 3.63) is 23.8 Å². The first-order valence-corrected chi connectivity index (χ1v) is 27.4. The van der Waals surface area contributed by atoms with E-state index in [1.807, 2.05) is 0 Å². The molecule has 86 heavy (non-hydrogen) atoms. The molecule has 21 aliphatic rings. The number of rotatable bonds is 9. The molecule has 37 heteroatoms. The highest BCUT2D eigenvalue weighted by atomic mass is 16.8. The molecule has 37 nitrogen and oxygen atoms in total. The lowest BCUT2D eigenvalue weighted by Gasteiger charge is -2.50. The first kappa shape index (κ1) is 67.5. The number of nitrogens with zero attached hydrogens (tertiary/aromatic N) is 1. The molecule has 0 amide bonds. The summed E-state index contributed by atoms with van der Waals surface area (Å²) >= 11 is 0. The summed E-state index contributed by atoms with van der Waals surface area (Å²) < 4.78 is 80.9. The summed E-state index contributed by atoms with van der Waals surface area (Å²) in [4.78, 5) is 4.22. The van der Waals surface area contributed by atoms with E-state index < -0.39 is 267 Å². The van der Waals surface area contributed by atoms with Crippen molar-refractivity contribution >= 4 is 6.21 Å². The van der Waals surface area contributed by atoms with Crippen molar-refractivity contribution in [3.8, 4) is 11.5 Å². The second-order valence-corrected chi connectivity index (χ2v) is 21.7. The lowest BCUT2D eigenvalue weighted by molar-refractivity contribution is -0.396. The number of aliphatic imine (C=N–C) groups is 1. The van der Waals surface area contributed by atoms with Crippen molar-refractivity contribution in [2.45, 2.75) is 215 Å². The average Bonchev–Trinajstić information content (AvgIpc) is 3.69. The molecule has 1 aromatic carbocycles. The maximum Gasteiger partial charge on any atom is 0.187 e. The third-order valence-electron chi connectivity index (χ3n) is 16.1. The molecule has 14 bridgehead atoms. The molecule has 21 fully saturated rings. The van der Waals surface area contributed by atoms with Gasteiger partial charge in [0, 0.05) is 17.8 Å². The highest BCUT2D eigenvalue weighted by Gasteiger charge is 2.59. The second-order valence-electron chi connectivity index (χ2n) is 21.7. The minimum atomic E-state index is -2.25. The number of ether oxygens (including phenoxy) is 14. The van der Waals surface area contributed by atoms with Crippen molar-refractivity contribution in [3.63, 3.8) is 0 Å². The molecule has 492 valence electrons. The molecule has 21 heterocycles. The third-order valence-corrected chi connectivity index (χ3v) is 16.1. The molecular formula is C49H75NO36. The Labute approximate surface area is 485 Å². The van der Waals surface area contributed by atoms with Crippen LogP contribution in [0.25, 0.3) is 0 Å². The monoisotopic (exact) mass is 1250 g/mol. The van der Waals surface area contributed by atoms with Gasteiger partial charge < -0.3 is 179 Å². The topological polar surface area (TPSA) is 587 Å². The summed E-state index contributed by atoms with van der Waals surface area (Å²) in [6, 6.07) is 3.46. The number of benzene rings is 1. The van der Waals surface area contributed by atoms with E-state index in [1.54, 1.807) is 0 Å². The lowest BCUT2D eigenvalue weighted by atomic mass is 9.95. The molecule has 21 saturated heterocycles. The number of aromatic hydroxyl groups is 2. The Kier molecular flexibility index (Phi) is 22.6. The van der Waals surface area contributed by atoms with E-state index in [1.165, 1.54) is 12.1 Å². The van der Waals surface area contributed by atoms with Gasteiger partial charge in [-0.25, -0.2) is 0 Å². The Hall–Kier alpha value is -2.87. The van der Waals surface area contributed by atoms with Crippen LogP contribution < -0.4 is 0 Å². The molecule has 0 unspecified atom stereocenters. The molecular weight excluding hydrogens is 1180 g/mol. The summed E-state index contributed by atoms with van der Waals surface area (Å²) in [5, 5.41) is 243. The van der Waals surface area contributed by atoms with Gasteiger partial charge in [-0.05, 0) is 12.1 Å². The highest BCUT2D eigenvalue weighted by Crippen LogP contribution is 2.39. The van der Waals surface area contributed by atoms with Crippen LogP contribution in [0.15, 0.2) is 23.2 Å². The molecule has 0 radical (unpaired) electrons. The predicted molar refractivity (Wildman–Crippen MR) is 264 cm³/mol. The maximum atomic E-state index is 11.8. The van der Waals surface area contributed by atoms with Gasteiger partial charge >= 0.3 is 0 Å². The van der Waals surface area contributed by atoms with Crippen molar-refractivity contribution in [1.29, 1.82) is 0 Å². The molecule has 0 saturated carbocycles. The number of phenolic OH excluding ortho intramolecular Hbond substituents is 2. The maximum absolute atomic E-state index is 11.8. The zero-order chi connectivity index (χ0) is 62.3. The number of aliphatic hydroxyl groups excluding tert-OH is 20. The fraction of sp³-hybridized carbons (Fsp3) is 0.857. The van der Waals surface area contributed by atoms with Crippen LogP contribution >= 0.6 is 0 Å². The summed E-state index contributed by atoms with van der Waals surface area (Å²) in [5.74, 6) is -0.755. The second kappa shape index (κ2) is 28.7. The van der Waals surface area contributed by atoms with Gasteiger partial charge in [-0.2, -0.15) is 0 Å². The van der Waals surface area contributed by atoms with Gasteiger partial charge in [0.15, 0.2) is 44.0 Å². The molecule has 0 aromatic heterocycles. The summed E-state index contributed by atoms with van der Waals surface area (Å²) in [6.45, 7) is -7.01. The van der Waals surface area contributed by atoms with Crippen LogP contribution in [0.4, 0.5) is 0 Å². The third kappa shape index (κ3) is 13.5. The number of aliphatic hydroxyl groups is 20. The van der Waals surface area contributed by atoms with Gasteiger partial charge in [-0.15, -0.1) is 0 Å². The normalized spacial score (nSPS) is 50.9. The fourth-order valence-corrected chi connectivity index (χ4v) is 11.3. The Morgan fingerprint density at radius 2 is 0.500 bits per heavy atom. The van der Waals surface area contributed by atoms with Crippen LogP contribution in [0.2, 0.25) is 0 Å². The Morgan fingerprint density at radius 1 is 0.291 bits per heavy atom. The highest BCUT2D eigenvalue weighted by molar-refractivity contribution is 5.83. The van der Waals surface area contributed by atoms with Crippen LogP contribution in [-0.4, -0.2) is 380 Å². The van der Waals surface area contributed by atoms with Gasteiger partial charge in [0.2, 0.25) is 0 Å². The van der Waals surface area contributed by atoms with Gasteiger partial charge in [0.1, 0.15) is 182 Å². The van der Waals surface area contributed by atoms with E-state index in [2.05, 4.69) is 4.99 Å². The van der Waals surface area contributed by atoms with Crippen LogP contribution in [-0.2, 0) is 66.3 Å². The summed E-state index contributed by atoms with van der Waals surface area (Å²) in [7, 11) is 0. The SMILES string of the molecule is OC[C@H]1O[C@@H]2O[C@H]3[C@H](O)[C@@H](O)[C@@H](O[C@H]4[C@H](O)[C@@H](O)[C@@H](O[C@H]5[C@H](O)[C@@H](O)[C@@H](O[C@H]6[C@H](O)[C@@H](O)[C@@H](O[C@H]7[C@H](O)[C@@H](O)[C@@H](O[C@H]8[C@H](O)[C@@H](O)[C@@H](O[C@H]1[C@H](O)[C@H]2O)O[C@@H]8CO)O[C@@H]7CO)O[C@@H]6CO)O[C@@H]5CN=Cc1ccc(O)cc1O)O[C@@H]4CO)O[C@@H]3CO. The zero-order valence-electron chi connectivity index (χ0n) is 45.0. The van der Waals surface area contributed by atoms with Crippen LogP contribution in [0.3, 0.4) is 0 Å². The molecule has 22 N–H and O–H groups in total. The fourth-order valence-electron chi connectivity index (χ4n) is 11.3. The molecule has 0 spiro atoms. The van der Waals surface area contributed by atoms with Crippen molar-refractivity contribution in [1.82, 2.24) is 0 Å². The molecule has 35 atom stereocenters. The van der Waals surface area contributed by atoms with Crippen LogP contribution in [0, 0.1) is 0 Å². The average molecular weight is 1250 g/mol. The predicted octanol–water partition coefficient (Wildman–Crippen LogP) is -13.7. The standard InChI is InChI=1S/C49H75NO36/c51-6-16-37-24(61)31(68)45(75-16)83-39-18(8-53)77-47(33(70)26(39)63)85-41-20(10-55)79-49(35(72)28(41)65)86-42-21(11-56)78-48(34(71)27(42)64)84-40-19(9-54)76-46(32(69)25(40)62)82-38-17(7-52)74-44(30(67)23(38)60)80-36-15(73-43(81-37)29(66)22(36)59)5-50-4-12-1-2-13(57)3-14(12)58/h1-4,15-49,51-72H,5-11H2/t15-,16-,17-,18-,19-,20-,21-,22-,23-,24-,25-,26-,27-,28-,29-,30-,31-,32-,33-,34-,35-,36-,37-,38-,39-,40-,41-,42-,43-,44-,45-,46-,47-,48-,49-/m1/s1. The largest absolute Gasteiger partial charge is 0.508 e. The molecule has 22 rings (SSSR count). The van der Waals surface area contributed by atoms with E-state index in [0.717, 1.165) is 12.3 Å². The van der Waals surface area contributed by atoms with Crippen molar-refractivity contribution in [2.75, 3.05) is 46.2 Å². The van der Waals surface area contributed by atoms with E-state index in [9.17, 15) is 112 Å². The first-order valence-electron chi connectivity index (χ1n) is 27.4. The smallest absolute Gasteiger partial charge is 0.187 e. The van der Waals surface area contributed by atoms with Gasteiger partial charge in [-0.3, -0.25) is 4.99 Å². The van der Waals surface area contributed by atoms with Crippen molar-refractivity contribution < 1.29 is 179 Å². The first-order chi connectivity index (χ1) is 41.0. The van der Waals surface area contributed by atoms with Crippen molar-refractivity contribution in [2.24, 2.45) is 4.99 Å². The van der Waals surface area contributed by atoms with E-state index in [4.69, 9.17) is 66.3 Å². The summed E-state index contributed by atoms with van der Waals surface area (Å²) in [5.41, 5.74) is 0.0359. The molecule has 21 aliphatic heterocycles. The number of phenols is 2. The zero-order valence-corrected chi connectivity index (χ0v) is 45.0. The van der Waals surface area contributed by atoms with E-state index in [-0.39, 0.29) is 11.3 Å². The Balaban J connectivity index is 1.02. The Bertz CT molecular complexity index is 2320. The number of hydrogen-bond donors (Lipinski definition) is 22. The minimum Gasteiger partial charge on any atom is -0.508 e. The van der Waals surface area contributed by atoms with E-state index in [0.29, 0.717) is 0 Å². The van der Waals surface area contributed by atoms with Gasteiger partial charge in [-0.1, -0.05) is 0 Å². The van der Waals surface area contributed by atoms with E-state index >= 15 is 0 Å². The molecule has 0 aliphatic carbocycles. The van der Waals surface area contributed by atoms with Gasteiger partial charge in [0.25, 0.3) is 0 Å². The Morgan fingerprint density at radius 3 is 0.709 bits per heavy atom. The van der Waals surface area contributed by atoms with Crippen LogP contribution in [0.5, 0.6) is 11.5 Å². The lowest BCUT2D eigenvalue weighted by Crippen LogP contribution is -2.68. The molecule has 1 aromatic rings. The number of hydrogen-bond acceptors (Lipinski definition) is 37. The van der Waals surface area contributed by atoms with Crippen LogP contribution in [0.1, 0.15) is 5.56 Å². The summed E-state index contributed by atoms with van der Waals surface area (Å²) in [6.07, 6.45) is -70.0.